The fourth-order valence-corrected chi connectivity index (χ4v) is 4.00. The van der Waals surface area contributed by atoms with Crippen LogP contribution in [0.3, 0.4) is 0 Å². The van der Waals surface area contributed by atoms with Crippen LogP contribution in [0.2, 0.25) is 0 Å². The van der Waals surface area contributed by atoms with Crippen molar-refractivity contribution in [2.24, 2.45) is 15.8 Å². The Morgan fingerprint density at radius 1 is 1.14 bits per heavy atom. The van der Waals surface area contributed by atoms with Crippen LogP contribution in [-0.2, 0) is 11.2 Å². The molecule has 2 rings (SSSR count). The Kier molecular flexibility index (Phi) is 9.74. The minimum Gasteiger partial charge on any atom is -0.356 e. The zero-order valence-electron chi connectivity index (χ0n) is 18.0. The molecular weight excluding hydrogens is 463 g/mol. The van der Waals surface area contributed by atoms with Crippen molar-refractivity contribution in [2.45, 2.75) is 46.0 Å². The second-order valence-electron chi connectivity index (χ2n) is 8.79. The van der Waals surface area contributed by atoms with Crippen LogP contribution >= 0.6 is 24.0 Å². The maximum absolute atomic E-state index is 12.7. The summed E-state index contributed by atoms with van der Waals surface area (Å²) in [6.07, 6.45) is 5.15. The first-order valence-electron chi connectivity index (χ1n) is 9.98. The highest BCUT2D eigenvalue weighted by atomic mass is 127. The SMILES string of the molecule is CN=C(NCC(C)(C)Cc1ccccc1)NCC1(C(=O)N(C)C)CCCC1.I. The standard InChI is InChI=1S/C22H36N4O.HI/c1-21(2,15-18-11-7-6-8-12-18)16-24-20(23-3)25-17-22(13-9-10-14-22)19(27)26(4)5;/h6-8,11-12H,9-10,13-17H2,1-5H3,(H2,23,24,25);1H. The number of carbonyl (C=O) groups is 1. The summed E-state index contributed by atoms with van der Waals surface area (Å²) < 4.78 is 0. The lowest BCUT2D eigenvalue weighted by Gasteiger charge is -2.32. The van der Waals surface area contributed by atoms with E-state index >= 15 is 0 Å². The number of aliphatic imine (C=N–C) groups is 1. The van der Waals surface area contributed by atoms with Crippen LogP contribution in [0, 0.1) is 10.8 Å². The molecule has 0 aliphatic heterocycles. The smallest absolute Gasteiger partial charge is 0.230 e. The summed E-state index contributed by atoms with van der Waals surface area (Å²) in [5.41, 5.74) is 1.15. The van der Waals surface area contributed by atoms with Crippen molar-refractivity contribution >= 4 is 35.8 Å². The van der Waals surface area contributed by atoms with Gasteiger partial charge in [0, 0.05) is 34.2 Å². The van der Waals surface area contributed by atoms with E-state index < -0.39 is 0 Å². The molecule has 0 spiro atoms. The van der Waals surface area contributed by atoms with Gasteiger partial charge < -0.3 is 15.5 Å². The minimum atomic E-state index is -0.291. The fourth-order valence-electron chi connectivity index (χ4n) is 4.00. The van der Waals surface area contributed by atoms with E-state index in [0.29, 0.717) is 6.54 Å². The number of carbonyl (C=O) groups excluding carboxylic acids is 1. The molecule has 0 unspecified atom stereocenters. The molecule has 0 heterocycles. The highest BCUT2D eigenvalue weighted by Gasteiger charge is 2.42. The molecule has 1 saturated carbocycles. The third kappa shape index (κ3) is 6.94. The van der Waals surface area contributed by atoms with Crippen LogP contribution in [0.15, 0.2) is 35.3 Å². The normalized spacial score (nSPS) is 16.2. The van der Waals surface area contributed by atoms with Gasteiger partial charge >= 0.3 is 0 Å². The number of nitrogens with one attached hydrogen (secondary N) is 2. The summed E-state index contributed by atoms with van der Waals surface area (Å²) in [6.45, 7) is 5.97. The first kappa shape index (κ1) is 24.7. The lowest BCUT2D eigenvalue weighted by Crippen LogP contribution is -2.50. The molecule has 0 saturated heterocycles. The minimum absolute atomic E-state index is 0. The van der Waals surface area contributed by atoms with Gasteiger partial charge in [-0.2, -0.15) is 0 Å². The van der Waals surface area contributed by atoms with Gasteiger partial charge in [0.25, 0.3) is 0 Å². The first-order chi connectivity index (χ1) is 12.8. The quantitative estimate of drug-likeness (QED) is 0.341. The van der Waals surface area contributed by atoms with Gasteiger partial charge in [0.1, 0.15) is 0 Å². The van der Waals surface area contributed by atoms with E-state index in [1.807, 2.05) is 20.2 Å². The number of amides is 1. The monoisotopic (exact) mass is 500 g/mol. The van der Waals surface area contributed by atoms with Crippen molar-refractivity contribution in [3.63, 3.8) is 0 Å². The molecule has 1 aromatic rings. The summed E-state index contributed by atoms with van der Waals surface area (Å²) in [4.78, 5) is 18.8. The van der Waals surface area contributed by atoms with E-state index in [1.54, 1.807) is 11.9 Å². The van der Waals surface area contributed by atoms with Gasteiger partial charge in [-0.05, 0) is 30.2 Å². The Morgan fingerprint density at radius 3 is 2.29 bits per heavy atom. The molecule has 1 aliphatic rings. The van der Waals surface area contributed by atoms with Crippen LogP contribution < -0.4 is 10.6 Å². The molecule has 1 amide bonds. The fraction of sp³-hybridized carbons (Fsp3) is 0.636. The van der Waals surface area contributed by atoms with E-state index in [0.717, 1.165) is 44.6 Å². The van der Waals surface area contributed by atoms with Crippen molar-refractivity contribution in [2.75, 3.05) is 34.2 Å². The van der Waals surface area contributed by atoms with Crippen LogP contribution in [0.1, 0.15) is 45.1 Å². The molecule has 2 N–H and O–H groups in total. The molecular formula is C22H37IN4O. The Balaban J connectivity index is 0.00000392. The van der Waals surface area contributed by atoms with Crippen LogP contribution in [0.4, 0.5) is 0 Å². The maximum Gasteiger partial charge on any atom is 0.230 e. The molecule has 5 nitrogen and oxygen atoms in total. The van der Waals surface area contributed by atoms with Crippen molar-refractivity contribution in [1.29, 1.82) is 0 Å². The Hall–Kier alpha value is -1.31. The van der Waals surface area contributed by atoms with Crippen molar-refractivity contribution in [3.8, 4) is 0 Å². The molecule has 1 aromatic carbocycles. The van der Waals surface area contributed by atoms with Gasteiger partial charge in [-0.25, -0.2) is 0 Å². The second-order valence-corrected chi connectivity index (χ2v) is 8.79. The van der Waals surface area contributed by atoms with Crippen molar-refractivity contribution in [1.82, 2.24) is 15.5 Å². The van der Waals surface area contributed by atoms with Crippen LogP contribution in [-0.4, -0.2) is 51.0 Å². The predicted octanol–water partition coefficient (Wildman–Crippen LogP) is 3.69. The lowest BCUT2D eigenvalue weighted by molar-refractivity contribution is -0.138. The molecule has 6 heteroatoms. The molecule has 1 aliphatic carbocycles. The molecule has 0 bridgehead atoms. The van der Waals surface area contributed by atoms with Gasteiger partial charge in [-0.3, -0.25) is 9.79 Å². The Labute approximate surface area is 187 Å². The van der Waals surface area contributed by atoms with Crippen molar-refractivity contribution in [3.05, 3.63) is 35.9 Å². The second kappa shape index (κ2) is 11.0. The number of benzene rings is 1. The molecule has 0 aromatic heterocycles. The van der Waals surface area contributed by atoms with Crippen LogP contribution in [0.25, 0.3) is 0 Å². The van der Waals surface area contributed by atoms with Gasteiger partial charge in [-0.1, -0.05) is 57.0 Å². The summed E-state index contributed by atoms with van der Waals surface area (Å²) >= 11 is 0. The van der Waals surface area contributed by atoms with Gasteiger partial charge in [0.05, 0.1) is 5.41 Å². The average Bonchev–Trinajstić information content (AvgIpc) is 3.11. The third-order valence-corrected chi connectivity index (χ3v) is 5.50. The number of guanidine groups is 1. The van der Waals surface area contributed by atoms with Gasteiger partial charge in [0.15, 0.2) is 5.96 Å². The molecule has 28 heavy (non-hydrogen) atoms. The van der Waals surface area contributed by atoms with E-state index in [-0.39, 0.29) is 40.7 Å². The zero-order chi connectivity index (χ0) is 19.9. The topological polar surface area (TPSA) is 56.7 Å². The lowest BCUT2D eigenvalue weighted by atomic mass is 9.84. The Bertz CT molecular complexity index is 637. The van der Waals surface area contributed by atoms with Crippen molar-refractivity contribution < 1.29 is 4.79 Å². The molecule has 0 radical (unpaired) electrons. The molecule has 158 valence electrons. The molecule has 0 atom stereocenters. The summed E-state index contributed by atoms with van der Waals surface area (Å²) in [5, 5.41) is 6.87. The highest BCUT2D eigenvalue weighted by Crippen LogP contribution is 2.38. The Morgan fingerprint density at radius 2 is 1.75 bits per heavy atom. The summed E-state index contributed by atoms with van der Waals surface area (Å²) in [7, 11) is 5.48. The number of hydrogen-bond acceptors (Lipinski definition) is 2. The summed E-state index contributed by atoms with van der Waals surface area (Å²) in [5.74, 6) is 1.00. The highest BCUT2D eigenvalue weighted by molar-refractivity contribution is 14.0. The molecule has 1 fully saturated rings. The number of hydrogen-bond donors (Lipinski definition) is 2. The average molecular weight is 500 g/mol. The van der Waals surface area contributed by atoms with E-state index in [1.165, 1.54) is 5.56 Å². The first-order valence-corrected chi connectivity index (χ1v) is 9.98. The summed E-state index contributed by atoms with van der Waals surface area (Å²) in [6, 6.07) is 10.6. The maximum atomic E-state index is 12.7. The largest absolute Gasteiger partial charge is 0.356 e. The number of nitrogens with zero attached hydrogens (tertiary/aromatic N) is 2. The van der Waals surface area contributed by atoms with Gasteiger partial charge in [-0.15, -0.1) is 24.0 Å². The predicted molar refractivity (Wildman–Crippen MR) is 128 cm³/mol. The van der Waals surface area contributed by atoms with Gasteiger partial charge in [0.2, 0.25) is 5.91 Å². The van der Waals surface area contributed by atoms with E-state index in [2.05, 4.69) is 53.7 Å². The van der Waals surface area contributed by atoms with E-state index in [9.17, 15) is 4.79 Å². The third-order valence-electron chi connectivity index (χ3n) is 5.50. The number of halogens is 1. The van der Waals surface area contributed by atoms with Crippen LogP contribution in [0.5, 0.6) is 0 Å². The number of rotatable bonds is 7. The zero-order valence-corrected chi connectivity index (χ0v) is 20.4. The van der Waals surface area contributed by atoms with E-state index in [4.69, 9.17) is 0 Å².